The van der Waals surface area contributed by atoms with Crippen LogP contribution in [0.5, 0.6) is 0 Å². The van der Waals surface area contributed by atoms with Gasteiger partial charge in [-0.3, -0.25) is 0 Å². The van der Waals surface area contributed by atoms with Crippen molar-refractivity contribution in [2.24, 2.45) is 5.92 Å². The molecule has 0 fully saturated rings. The first-order valence-electron chi connectivity index (χ1n) is 5.68. The van der Waals surface area contributed by atoms with Crippen LogP contribution in [0.25, 0.3) is 10.2 Å². The van der Waals surface area contributed by atoms with Crippen LogP contribution >= 0.6 is 11.3 Å². The Hall–Kier alpha value is -1.09. The largest absolute Gasteiger partial charge is 0.361 e. The van der Waals surface area contributed by atoms with E-state index in [1.807, 2.05) is 0 Å². The Bertz CT molecular complexity index is 500. The van der Waals surface area contributed by atoms with Gasteiger partial charge in [0.05, 0.1) is 10.2 Å². The zero-order valence-electron chi connectivity index (χ0n) is 10.3. The van der Waals surface area contributed by atoms with Crippen LogP contribution in [0.1, 0.15) is 25.0 Å². The van der Waals surface area contributed by atoms with Crippen LogP contribution in [0.3, 0.4) is 0 Å². The highest BCUT2D eigenvalue weighted by atomic mass is 32.1. The van der Waals surface area contributed by atoms with Crippen molar-refractivity contribution in [2.75, 3.05) is 11.9 Å². The first kappa shape index (κ1) is 11.4. The fraction of sp³-hybridized carbons (Fsp3) is 0.462. The minimum Gasteiger partial charge on any atom is -0.361 e. The van der Waals surface area contributed by atoms with Gasteiger partial charge in [0.25, 0.3) is 0 Å². The van der Waals surface area contributed by atoms with E-state index >= 15 is 0 Å². The SMILES string of the molecule is Cc1cc(C)c2nc(NCC(C)C)sc2c1. The van der Waals surface area contributed by atoms with Crippen LogP contribution in [0.2, 0.25) is 0 Å². The summed E-state index contributed by atoms with van der Waals surface area (Å²) in [5, 5.41) is 4.43. The zero-order valence-corrected chi connectivity index (χ0v) is 11.1. The van der Waals surface area contributed by atoms with Crippen molar-refractivity contribution in [1.82, 2.24) is 4.98 Å². The minimum absolute atomic E-state index is 0.648. The van der Waals surface area contributed by atoms with Crippen LogP contribution < -0.4 is 5.32 Å². The summed E-state index contributed by atoms with van der Waals surface area (Å²) < 4.78 is 1.28. The molecule has 0 saturated heterocycles. The van der Waals surface area contributed by atoms with E-state index in [-0.39, 0.29) is 0 Å². The number of hydrogen-bond acceptors (Lipinski definition) is 3. The lowest BCUT2D eigenvalue weighted by Crippen LogP contribution is -2.07. The fourth-order valence-corrected chi connectivity index (χ4v) is 2.79. The van der Waals surface area contributed by atoms with Gasteiger partial charge in [-0.05, 0) is 37.0 Å². The number of aryl methyl sites for hydroxylation is 2. The molecule has 1 aromatic heterocycles. The van der Waals surface area contributed by atoms with E-state index in [0.29, 0.717) is 5.92 Å². The average molecular weight is 234 g/mol. The van der Waals surface area contributed by atoms with Gasteiger partial charge in [0.1, 0.15) is 0 Å². The van der Waals surface area contributed by atoms with Crippen molar-refractivity contribution < 1.29 is 0 Å². The maximum absolute atomic E-state index is 4.63. The van der Waals surface area contributed by atoms with Crippen molar-refractivity contribution in [3.8, 4) is 0 Å². The van der Waals surface area contributed by atoms with Crippen molar-refractivity contribution in [1.29, 1.82) is 0 Å². The van der Waals surface area contributed by atoms with Gasteiger partial charge in [0.2, 0.25) is 0 Å². The second-order valence-corrected chi connectivity index (χ2v) is 5.75. The Morgan fingerprint density at radius 1 is 1.31 bits per heavy atom. The Labute approximate surface area is 101 Å². The lowest BCUT2D eigenvalue weighted by atomic mass is 10.1. The summed E-state index contributed by atoms with van der Waals surface area (Å²) in [4.78, 5) is 4.63. The van der Waals surface area contributed by atoms with Gasteiger partial charge in [-0.2, -0.15) is 0 Å². The molecule has 0 radical (unpaired) electrons. The molecule has 0 saturated carbocycles. The maximum Gasteiger partial charge on any atom is 0.183 e. The number of fused-ring (bicyclic) bond motifs is 1. The van der Waals surface area contributed by atoms with Crippen LogP contribution in [0.15, 0.2) is 12.1 Å². The molecular weight excluding hydrogens is 216 g/mol. The highest BCUT2D eigenvalue weighted by Crippen LogP contribution is 2.29. The molecule has 3 heteroatoms. The van der Waals surface area contributed by atoms with E-state index in [0.717, 1.165) is 17.2 Å². The second kappa shape index (κ2) is 4.42. The number of benzene rings is 1. The molecule has 0 atom stereocenters. The average Bonchev–Trinajstić information content (AvgIpc) is 2.57. The molecule has 2 aromatic rings. The maximum atomic E-state index is 4.63. The number of thiazole rings is 1. The predicted octanol–water partition coefficient (Wildman–Crippen LogP) is 3.98. The molecule has 0 bridgehead atoms. The Kier molecular flexibility index (Phi) is 3.15. The molecule has 1 aromatic carbocycles. The summed E-state index contributed by atoms with van der Waals surface area (Å²) >= 11 is 1.75. The zero-order chi connectivity index (χ0) is 11.7. The molecular formula is C13H18N2S. The summed E-state index contributed by atoms with van der Waals surface area (Å²) in [6, 6.07) is 4.40. The summed E-state index contributed by atoms with van der Waals surface area (Å²) in [5.41, 5.74) is 3.72. The van der Waals surface area contributed by atoms with Crippen LogP contribution in [0, 0.1) is 19.8 Å². The number of aromatic nitrogens is 1. The van der Waals surface area contributed by atoms with Crippen LogP contribution in [-0.2, 0) is 0 Å². The van der Waals surface area contributed by atoms with Crippen LogP contribution in [0.4, 0.5) is 5.13 Å². The van der Waals surface area contributed by atoms with Gasteiger partial charge in [-0.25, -0.2) is 4.98 Å². The summed E-state index contributed by atoms with van der Waals surface area (Å²) in [5.74, 6) is 0.648. The second-order valence-electron chi connectivity index (χ2n) is 4.72. The number of hydrogen-bond donors (Lipinski definition) is 1. The minimum atomic E-state index is 0.648. The molecule has 0 aliphatic heterocycles. The number of rotatable bonds is 3. The van der Waals surface area contributed by atoms with Crippen molar-refractivity contribution in [3.05, 3.63) is 23.3 Å². The standard InChI is InChI=1S/C13H18N2S/c1-8(2)7-14-13-15-12-10(4)5-9(3)6-11(12)16-13/h5-6,8H,7H2,1-4H3,(H,14,15). The normalized spacial score (nSPS) is 11.3. The first-order chi connectivity index (χ1) is 7.56. The Morgan fingerprint density at radius 3 is 2.75 bits per heavy atom. The molecule has 0 aliphatic rings. The van der Waals surface area contributed by atoms with Gasteiger partial charge in [-0.15, -0.1) is 0 Å². The van der Waals surface area contributed by atoms with Crippen molar-refractivity contribution >= 4 is 26.7 Å². The van der Waals surface area contributed by atoms with E-state index in [2.05, 4.69) is 50.1 Å². The lowest BCUT2D eigenvalue weighted by molar-refractivity contribution is 0.688. The third-order valence-electron chi connectivity index (χ3n) is 2.49. The molecule has 86 valence electrons. The lowest BCUT2D eigenvalue weighted by Gasteiger charge is -2.04. The summed E-state index contributed by atoms with van der Waals surface area (Å²) in [7, 11) is 0. The summed E-state index contributed by atoms with van der Waals surface area (Å²) in [6.45, 7) is 9.65. The highest BCUT2D eigenvalue weighted by Gasteiger charge is 2.06. The van der Waals surface area contributed by atoms with E-state index in [4.69, 9.17) is 0 Å². The van der Waals surface area contributed by atoms with Crippen molar-refractivity contribution in [3.63, 3.8) is 0 Å². The molecule has 0 unspecified atom stereocenters. The molecule has 0 aliphatic carbocycles. The van der Waals surface area contributed by atoms with E-state index < -0.39 is 0 Å². The molecule has 2 nitrogen and oxygen atoms in total. The molecule has 2 rings (SSSR count). The molecule has 1 N–H and O–H groups in total. The first-order valence-corrected chi connectivity index (χ1v) is 6.49. The molecule has 0 spiro atoms. The summed E-state index contributed by atoms with van der Waals surface area (Å²) in [6.07, 6.45) is 0. The van der Waals surface area contributed by atoms with Gasteiger partial charge < -0.3 is 5.32 Å². The predicted molar refractivity (Wildman–Crippen MR) is 72.4 cm³/mol. The van der Waals surface area contributed by atoms with Gasteiger partial charge in [0.15, 0.2) is 5.13 Å². The Balaban J connectivity index is 2.33. The highest BCUT2D eigenvalue weighted by molar-refractivity contribution is 7.22. The van der Waals surface area contributed by atoms with Gasteiger partial charge in [-0.1, -0.05) is 31.3 Å². The third-order valence-corrected chi connectivity index (χ3v) is 3.45. The molecule has 0 amide bonds. The third kappa shape index (κ3) is 2.35. The Morgan fingerprint density at radius 2 is 2.06 bits per heavy atom. The van der Waals surface area contributed by atoms with Crippen molar-refractivity contribution in [2.45, 2.75) is 27.7 Å². The van der Waals surface area contributed by atoms with E-state index in [1.165, 1.54) is 15.8 Å². The smallest absolute Gasteiger partial charge is 0.183 e. The number of nitrogens with zero attached hydrogens (tertiary/aromatic N) is 1. The number of nitrogens with one attached hydrogen (secondary N) is 1. The monoisotopic (exact) mass is 234 g/mol. The van der Waals surface area contributed by atoms with E-state index in [1.54, 1.807) is 11.3 Å². The van der Waals surface area contributed by atoms with E-state index in [9.17, 15) is 0 Å². The topological polar surface area (TPSA) is 24.9 Å². The van der Waals surface area contributed by atoms with Crippen LogP contribution in [-0.4, -0.2) is 11.5 Å². The fourth-order valence-electron chi connectivity index (χ4n) is 1.74. The number of anilines is 1. The van der Waals surface area contributed by atoms with Gasteiger partial charge in [0, 0.05) is 6.54 Å². The molecule has 1 heterocycles. The van der Waals surface area contributed by atoms with Gasteiger partial charge >= 0.3 is 0 Å². The quantitative estimate of drug-likeness (QED) is 0.869. The molecule has 16 heavy (non-hydrogen) atoms.